The van der Waals surface area contributed by atoms with Crippen LogP contribution in [0.5, 0.6) is 0 Å². The minimum Gasteiger partial charge on any atom is -0.356 e. The largest absolute Gasteiger partial charge is 0.356 e. The van der Waals surface area contributed by atoms with Gasteiger partial charge in [0, 0.05) is 30.7 Å². The molecule has 0 aromatic carbocycles. The fourth-order valence-electron chi connectivity index (χ4n) is 1.92. The zero-order valence-corrected chi connectivity index (χ0v) is 10.4. The van der Waals surface area contributed by atoms with Gasteiger partial charge in [0.05, 0.1) is 0 Å². The van der Waals surface area contributed by atoms with Crippen LogP contribution in [0.4, 0.5) is 0 Å². The third kappa shape index (κ3) is 3.15. The number of amides is 3. The molecule has 1 N–H and O–H groups in total. The highest BCUT2D eigenvalue weighted by Crippen LogP contribution is 2.16. The van der Waals surface area contributed by atoms with Crippen LogP contribution < -0.4 is 5.32 Å². The quantitative estimate of drug-likeness (QED) is 0.708. The van der Waals surface area contributed by atoms with E-state index in [9.17, 15) is 14.4 Å². The molecule has 5 heteroatoms. The molecule has 1 aliphatic rings. The van der Waals surface area contributed by atoms with Gasteiger partial charge in [0.1, 0.15) is 0 Å². The lowest BCUT2D eigenvalue weighted by Crippen LogP contribution is -2.41. The van der Waals surface area contributed by atoms with Gasteiger partial charge in [0.25, 0.3) is 11.8 Å². The number of nitrogens with one attached hydrogen (secondary N) is 1. The number of hydrogen-bond acceptors (Lipinski definition) is 3. The Morgan fingerprint density at radius 1 is 1.29 bits per heavy atom. The predicted molar refractivity (Wildman–Crippen MR) is 62.9 cm³/mol. The van der Waals surface area contributed by atoms with E-state index < -0.39 is 0 Å². The normalized spacial score (nSPS) is 18.4. The lowest BCUT2D eigenvalue weighted by molar-refractivity contribution is -0.140. The van der Waals surface area contributed by atoms with Crippen LogP contribution in [0.2, 0.25) is 0 Å². The van der Waals surface area contributed by atoms with Crippen LogP contribution >= 0.6 is 0 Å². The van der Waals surface area contributed by atoms with Crippen LogP contribution in [-0.2, 0) is 14.4 Å². The Bertz CT molecular complexity index is 345. The minimum absolute atomic E-state index is 0.0496. The molecule has 0 radical (unpaired) electrons. The highest BCUT2D eigenvalue weighted by Gasteiger charge is 2.30. The summed E-state index contributed by atoms with van der Waals surface area (Å²) >= 11 is 0. The number of carbonyl (C=O) groups is 3. The average Bonchev–Trinajstić information content (AvgIpc) is 2.58. The molecule has 94 valence electrons. The summed E-state index contributed by atoms with van der Waals surface area (Å²) in [6.07, 6.45) is 3.00. The Morgan fingerprint density at radius 3 is 2.29 bits per heavy atom. The van der Waals surface area contributed by atoms with E-state index in [0.29, 0.717) is 13.0 Å². The summed E-state index contributed by atoms with van der Waals surface area (Å²) in [6.45, 7) is 6.00. The summed E-state index contributed by atoms with van der Waals surface area (Å²) in [6, 6.07) is -0.261. The summed E-state index contributed by atoms with van der Waals surface area (Å²) in [7, 11) is 0. The Labute approximate surface area is 101 Å². The zero-order valence-electron chi connectivity index (χ0n) is 10.4. The number of nitrogens with zero attached hydrogens (tertiary/aromatic N) is 1. The molecular formula is C12H18N2O3. The first-order valence-corrected chi connectivity index (χ1v) is 5.80. The van der Waals surface area contributed by atoms with Gasteiger partial charge in [-0.2, -0.15) is 0 Å². The van der Waals surface area contributed by atoms with E-state index >= 15 is 0 Å². The molecule has 2 atom stereocenters. The van der Waals surface area contributed by atoms with Crippen molar-refractivity contribution >= 4 is 17.7 Å². The molecule has 0 fully saturated rings. The Balaban J connectivity index is 2.54. The molecule has 0 saturated heterocycles. The molecule has 0 aliphatic carbocycles. The van der Waals surface area contributed by atoms with Crippen LogP contribution in [-0.4, -0.2) is 35.2 Å². The van der Waals surface area contributed by atoms with E-state index in [4.69, 9.17) is 0 Å². The van der Waals surface area contributed by atoms with Crippen molar-refractivity contribution in [2.75, 3.05) is 6.54 Å². The van der Waals surface area contributed by atoms with Crippen LogP contribution in [0.25, 0.3) is 0 Å². The average molecular weight is 238 g/mol. The Hall–Kier alpha value is -1.65. The molecule has 0 saturated carbocycles. The Morgan fingerprint density at radius 2 is 1.82 bits per heavy atom. The molecule has 3 amide bonds. The van der Waals surface area contributed by atoms with Gasteiger partial charge in [0.2, 0.25) is 5.91 Å². The summed E-state index contributed by atoms with van der Waals surface area (Å²) < 4.78 is 0. The molecule has 2 unspecified atom stereocenters. The molecule has 1 heterocycles. The Kier molecular flexibility index (Phi) is 4.43. The number of imide groups is 1. The standard InChI is InChI=1S/C12H18N2O3/c1-4-13-12(17)8(2)7-9(3)14-10(15)5-6-11(14)16/h5-6,8-9H,4,7H2,1-3H3,(H,13,17). The monoisotopic (exact) mass is 238 g/mol. The second-order valence-corrected chi connectivity index (χ2v) is 4.26. The van der Waals surface area contributed by atoms with Gasteiger partial charge in [-0.15, -0.1) is 0 Å². The molecular weight excluding hydrogens is 220 g/mol. The smallest absolute Gasteiger partial charge is 0.253 e. The van der Waals surface area contributed by atoms with Gasteiger partial charge < -0.3 is 5.32 Å². The lowest BCUT2D eigenvalue weighted by atomic mass is 10.0. The van der Waals surface area contributed by atoms with Crippen molar-refractivity contribution in [2.24, 2.45) is 5.92 Å². The van der Waals surface area contributed by atoms with Crippen molar-refractivity contribution in [2.45, 2.75) is 33.2 Å². The maximum atomic E-state index is 11.5. The number of rotatable bonds is 5. The van der Waals surface area contributed by atoms with Crippen molar-refractivity contribution in [3.05, 3.63) is 12.2 Å². The third-order valence-corrected chi connectivity index (χ3v) is 2.78. The molecule has 0 spiro atoms. The van der Waals surface area contributed by atoms with E-state index in [-0.39, 0.29) is 29.7 Å². The minimum atomic E-state index is -0.300. The summed E-state index contributed by atoms with van der Waals surface area (Å²) in [5, 5.41) is 2.72. The van der Waals surface area contributed by atoms with Gasteiger partial charge in [-0.05, 0) is 20.3 Å². The van der Waals surface area contributed by atoms with Crippen molar-refractivity contribution in [1.29, 1.82) is 0 Å². The highest BCUT2D eigenvalue weighted by atomic mass is 16.2. The second-order valence-electron chi connectivity index (χ2n) is 4.26. The van der Waals surface area contributed by atoms with E-state index in [1.54, 1.807) is 13.8 Å². The number of hydrogen-bond donors (Lipinski definition) is 1. The zero-order chi connectivity index (χ0) is 13.0. The molecule has 1 aliphatic heterocycles. The van der Waals surface area contributed by atoms with Gasteiger partial charge in [0.15, 0.2) is 0 Å². The fraction of sp³-hybridized carbons (Fsp3) is 0.583. The molecule has 1 rings (SSSR count). The summed E-state index contributed by atoms with van der Waals surface area (Å²) in [5.41, 5.74) is 0. The highest BCUT2D eigenvalue weighted by molar-refractivity contribution is 6.13. The van der Waals surface area contributed by atoms with Gasteiger partial charge in [-0.25, -0.2) is 0 Å². The van der Waals surface area contributed by atoms with E-state index in [0.717, 1.165) is 0 Å². The first-order valence-electron chi connectivity index (χ1n) is 5.80. The molecule has 17 heavy (non-hydrogen) atoms. The summed E-state index contributed by atoms with van der Waals surface area (Å²) in [4.78, 5) is 35.6. The maximum absolute atomic E-state index is 11.5. The molecule has 5 nitrogen and oxygen atoms in total. The molecule has 0 aromatic heterocycles. The van der Waals surface area contributed by atoms with Crippen molar-refractivity contribution in [3.63, 3.8) is 0 Å². The van der Waals surface area contributed by atoms with Crippen LogP contribution in [0, 0.1) is 5.92 Å². The lowest BCUT2D eigenvalue weighted by Gasteiger charge is -2.24. The van der Waals surface area contributed by atoms with Gasteiger partial charge >= 0.3 is 0 Å². The van der Waals surface area contributed by atoms with Crippen molar-refractivity contribution < 1.29 is 14.4 Å². The maximum Gasteiger partial charge on any atom is 0.253 e. The number of carbonyl (C=O) groups excluding carboxylic acids is 3. The van der Waals surface area contributed by atoms with Crippen LogP contribution in [0.1, 0.15) is 27.2 Å². The molecule has 0 bridgehead atoms. The van der Waals surface area contributed by atoms with Crippen LogP contribution in [0.15, 0.2) is 12.2 Å². The second kappa shape index (κ2) is 5.61. The summed E-state index contributed by atoms with van der Waals surface area (Å²) in [5.74, 6) is -0.867. The first-order chi connectivity index (χ1) is 7.97. The SMILES string of the molecule is CCNC(=O)C(C)CC(C)N1C(=O)C=CC1=O. The van der Waals surface area contributed by atoms with E-state index in [2.05, 4.69) is 5.32 Å². The fourth-order valence-corrected chi connectivity index (χ4v) is 1.92. The third-order valence-electron chi connectivity index (χ3n) is 2.78. The van der Waals surface area contributed by atoms with E-state index in [1.165, 1.54) is 17.1 Å². The van der Waals surface area contributed by atoms with E-state index in [1.807, 2.05) is 6.92 Å². The predicted octanol–water partition coefficient (Wildman–Crippen LogP) is 0.462. The van der Waals surface area contributed by atoms with Gasteiger partial charge in [-0.1, -0.05) is 6.92 Å². The van der Waals surface area contributed by atoms with Crippen molar-refractivity contribution in [3.8, 4) is 0 Å². The topological polar surface area (TPSA) is 66.5 Å². The van der Waals surface area contributed by atoms with Crippen molar-refractivity contribution in [1.82, 2.24) is 10.2 Å². The molecule has 0 aromatic rings. The van der Waals surface area contributed by atoms with Crippen LogP contribution in [0.3, 0.4) is 0 Å². The van der Waals surface area contributed by atoms with Gasteiger partial charge in [-0.3, -0.25) is 19.3 Å². The first kappa shape index (κ1) is 13.4.